The van der Waals surface area contributed by atoms with Crippen LogP contribution in [0.3, 0.4) is 0 Å². The van der Waals surface area contributed by atoms with E-state index in [-0.39, 0.29) is 23.0 Å². The van der Waals surface area contributed by atoms with Crippen LogP contribution >= 0.6 is 11.6 Å². The van der Waals surface area contributed by atoms with Gasteiger partial charge in [0.05, 0.1) is 9.85 Å². The van der Waals surface area contributed by atoms with E-state index in [4.69, 9.17) is 20.9 Å². The van der Waals surface area contributed by atoms with Crippen molar-refractivity contribution in [3.63, 3.8) is 0 Å². The van der Waals surface area contributed by atoms with Crippen LogP contribution in [-0.2, 0) is 11.4 Å². The first kappa shape index (κ1) is 19.1. The fourth-order valence-corrected chi connectivity index (χ4v) is 2.53. The molecule has 0 fully saturated rings. The summed E-state index contributed by atoms with van der Waals surface area (Å²) in [6, 6.07) is 13.6. The number of nitro benzene ring substituents is 2. The highest BCUT2D eigenvalue weighted by Crippen LogP contribution is 2.31. The summed E-state index contributed by atoms with van der Waals surface area (Å²) in [6.45, 7) is 0.0507. The van der Waals surface area contributed by atoms with Crippen LogP contribution in [0, 0.1) is 20.2 Å². The van der Waals surface area contributed by atoms with E-state index in [0.717, 1.165) is 0 Å². The van der Waals surface area contributed by atoms with Crippen molar-refractivity contribution in [2.75, 3.05) is 0 Å². The monoisotopic (exact) mass is 401 g/mol. The van der Waals surface area contributed by atoms with Crippen molar-refractivity contribution in [1.29, 1.82) is 0 Å². The van der Waals surface area contributed by atoms with Gasteiger partial charge in [-0.15, -0.1) is 0 Å². The number of hydrogen-bond donors (Lipinski definition) is 0. The molecule has 0 bridgehead atoms. The predicted molar refractivity (Wildman–Crippen MR) is 101 cm³/mol. The van der Waals surface area contributed by atoms with Crippen LogP contribution < -0.4 is 0 Å². The number of nitro groups is 2. The van der Waals surface area contributed by atoms with Crippen LogP contribution in [0.4, 0.5) is 11.4 Å². The van der Waals surface area contributed by atoms with Gasteiger partial charge in [0, 0.05) is 23.8 Å². The summed E-state index contributed by atoms with van der Waals surface area (Å²) in [7, 11) is 0. The van der Waals surface area contributed by atoms with Crippen LogP contribution in [0.2, 0.25) is 5.02 Å². The summed E-state index contributed by atoms with van der Waals surface area (Å²) in [4.78, 5) is 25.8. The van der Waals surface area contributed by atoms with E-state index in [1.54, 1.807) is 30.3 Å². The van der Waals surface area contributed by atoms with E-state index < -0.39 is 9.85 Å². The molecular formula is C18H12ClN3O6. The summed E-state index contributed by atoms with van der Waals surface area (Å²) in [5.74, 6) is 0.770. The van der Waals surface area contributed by atoms with E-state index in [2.05, 4.69) is 5.16 Å². The van der Waals surface area contributed by atoms with Gasteiger partial charge in [0.15, 0.2) is 0 Å². The van der Waals surface area contributed by atoms with Crippen molar-refractivity contribution in [3.05, 3.63) is 91.2 Å². The third-order valence-electron chi connectivity index (χ3n) is 3.66. The third-order valence-corrected chi connectivity index (χ3v) is 3.98. The molecule has 10 heteroatoms. The Kier molecular flexibility index (Phi) is 5.66. The molecule has 2 aromatic carbocycles. The maximum absolute atomic E-state index is 11.0. The summed E-state index contributed by atoms with van der Waals surface area (Å²) in [5, 5.41) is 25.5. The number of oxime groups is 1. The fraction of sp³-hybridized carbons (Fsp3) is 0.0556. The first-order chi connectivity index (χ1) is 13.4. The Balaban J connectivity index is 1.65. The van der Waals surface area contributed by atoms with Crippen LogP contribution in [-0.4, -0.2) is 16.1 Å². The van der Waals surface area contributed by atoms with Crippen molar-refractivity contribution in [3.8, 4) is 11.3 Å². The lowest BCUT2D eigenvalue weighted by atomic mass is 10.1. The van der Waals surface area contributed by atoms with Gasteiger partial charge in [-0.2, -0.15) is 0 Å². The van der Waals surface area contributed by atoms with Gasteiger partial charge in [0.1, 0.15) is 29.4 Å². The van der Waals surface area contributed by atoms with Gasteiger partial charge >= 0.3 is 0 Å². The second kappa shape index (κ2) is 8.31. The minimum absolute atomic E-state index is 0.0298. The highest BCUT2D eigenvalue weighted by atomic mass is 35.5. The highest BCUT2D eigenvalue weighted by molar-refractivity contribution is 6.32. The molecule has 0 saturated carbocycles. The molecule has 0 radical (unpaired) electrons. The molecule has 142 valence electrons. The first-order valence-corrected chi connectivity index (χ1v) is 8.24. The second-order valence-electron chi connectivity index (χ2n) is 5.56. The van der Waals surface area contributed by atoms with E-state index in [1.807, 2.05) is 0 Å². The molecule has 0 unspecified atom stereocenters. The molecule has 3 aromatic rings. The molecule has 0 aliphatic rings. The molecule has 0 aliphatic carbocycles. The number of benzene rings is 2. The van der Waals surface area contributed by atoms with Crippen molar-refractivity contribution in [2.45, 2.75) is 6.61 Å². The Morgan fingerprint density at radius 1 is 1.07 bits per heavy atom. The molecule has 0 atom stereocenters. The zero-order valence-corrected chi connectivity index (χ0v) is 14.9. The smallest absolute Gasteiger partial charge is 0.288 e. The van der Waals surface area contributed by atoms with Crippen molar-refractivity contribution in [2.24, 2.45) is 5.16 Å². The number of non-ortho nitro benzene ring substituents is 1. The third kappa shape index (κ3) is 4.51. The quantitative estimate of drug-likeness (QED) is 0.313. The maximum Gasteiger partial charge on any atom is 0.288 e. The zero-order valence-electron chi connectivity index (χ0n) is 14.1. The SMILES string of the molecule is O=[N+]([O-])c1cccc(CO/N=C/c2ccc(-c3ccc(Cl)c([N+](=O)[O-])c3)o2)c1. The normalized spacial score (nSPS) is 10.9. The zero-order chi connectivity index (χ0) is 20.1. The minimum Gasteiger partial charge on any atom is -0.455 e. The molecule has 0 N–H and O–H groups in total. The lowest BCUT2D eigenvalue weighted by Gasteiger charge is -2.00. The average Bonchev–Trinajstić information content (AvgIpc) is 3.14. The van der Waals surface area contributed by atoms with E-state index in [1.165, 1.54) is 30.5 Å². The Hall–Kier alpha value is -3.72. The molecule has 0 amide bonds. The Morgan fingerprint density at radius 3 is 2.64 bits per heavy atom. The molecule has 0 spiro atoms. The molecule has 28 heavy (non-hydrogen) atoms. The molecule has 1 heterocycles. The average molecular weight is 402 g/mol. The van der Waals surface area contributed by atoms with Crippen molar-refractivity contribution < 1.29 is 19.1 Å². The summed E-state index contributed by atoms with van der Waals surface area (Å²) in [5.41, 5.74) is 0.845. The standard InChI is InChI=1S/C18H12ClN3O6/c19-16-6-4-13(9-17(16)22(25)26)18-7-5-15(28-18)10-20-27-11-12-2-1-3-14(8-12)21(23)24/h1-10H,11H2/b20-10+. The Labute approximate surface area is 163 Å². The molecule has 0 aliphatic heterocycles. The van der Waals surface area contributed by atoms with Crippen molar-refractivity contribution >= 4 is 29.2 Å². The fourth-order valence-electron chi connectivity index (χ4n) is 2.34. The number of nitrogens with zero attached hydrogens (tertiary/aromatic N) is 3. The van der Waals surface area contributed by atoms with Crippen LogP contribution in [0.15, 0.2) is 64.2 Å². The molecule has 0 saturated heterocycles. The lowest BCUT2D eigenvalue weighted by Crippen LogP contribution is -1.92. The van der Waals surface area contributed by atoms with Crippen LogP contribution in [0.5, 0.6) is 0 Å². The topological polar surface area (TPSA) is 121 Å². The largest absolute Gasteiger partial charge is 0.455 e. The van der Waals surface area contributed by atoms with Gasteiger partial charge < -0.3 is 9.25 Å². The minimum atomic E-state index is -0.571. The van der Waals surface area contributed by atoms with Gasteiger partial charge in [0.25, 0.3) is 11.4 Å². The number of furan rings is 1. The predicted octanol–water partition coefficient (Wildman–Crippen LogP) is 4.97. The summed E-state index contributed by atoms with van der Waals surface area (Å²) >= 11 is 5.80. The van der Waals surface area contributed by atoms with Crippen LogP contribution in [0.25, 0.3) is 11.3 Å². The number of hydrogen-bond acceptors (Lipinski definition) is 7. The maximum atomic E-state index is 11.0. The Bertz CT molecular complexity index is 1060. The van der Waals surface area contributed by atoms with Gasteiger partial charge in [-0.3, -0.25) is 20.2 Å². The van der Waals surface area contributed by atoms with Gasteiger partial charge in [-0.1, -0.05) is 28.9 Å². The van der Waals surface area contributed by atoms with E-state index in [0.29, 0.717) is 22.6 Å². The van der Waals surface area contributed by atoms with Crippen LogP contribution in [0.1, 0.15) is 11.3 Å². The second-order valence-corrected chi connectivity index (χ2v) is 5.97. The van der Waals surface area contributed by atoms with Gasteiger partial charge in [-0.05, 0) is 29.8 Å². The first-order valence-electron chi connectivity index (χ1n) is 7.87. The van der Waals surface area contributed by atoms with Gasteiger partial charge in [0.2, 0.25) is 0 Å². The van der Waals surface area contributed by atoms with Crippen molar-refractivity contribution in [1.82, 2.24) is 0 Å². The Morgan fingerprint density at radius 2 is 1.89 bits per heavy atom. The number of halogens is 1. The molecule has 3 rings (SSSR count). The number of rotatable bonds is 7. The molecule has 1 aromatic heterocycles. The van der Waals surface area contributed by atoms with Gasteiger partial charge in [-0.25, -0.2) is 0 Å². The van der Waals surface area contributed by atoms with E-state index >= 15 is 0 Å². The summed E-state index contributed by atoms with van der Waals surface area (Å²) < 4.78 is 5.56. The molecule has 9 nitrogen and oxygen atoms in total. The van der Waals surface area contributed by atoms with E-state index in [9.17, 15) is 20.2 Å². The summed E-state index contributed by atoms with van der Waals surface area (Å²) in [6.07, 6.45) is 1.32. The lowest BCUT2D eigenvalue weighted by molar-refractivity contribution is -0.385. The molecular weight excluding hydrogens is 390 g/mol. The highest BCUT2D eigenvalue weighted by Gasteiger charge is 2.15.